The SMILES string of the molecule is O=c1cc(C(F)(F)F)c2cc(N3[C@@H](c4ccccc4)CC[C@@H]3[C@H](O)C(F)(F)F)ccc2[nH]1. The molecule has 4 rings (SSSR count). The number of benzene rings is 2. The summed E-state index contributed by atoms with van der Waals surface area (Å²) in [6, 6.07) is 10.8. The minimum atomic E-state index is -4.90. The molecule has 0 bridgehead atoms. The lowest BCUT2D eigenvalue weighted by Crippen LogP contribution is -2.47. The van der Waals surface area contributed by atoms with E-state index >= 15 is 0 Å². The quantitative estimate of drug-likeness (QED) is 0.534. The fourth-order valence-corrected chi connectivity index (χ4v) is 4.38. The molecule has 0 amide bonds. The summed E-state index contributed by atoms with van der Waals surface area (Å²) >= 11 is 0. The molecule has 10 heteroatoms. The Morgan fingerprint density at radius 3 is 2.28 bits per heavy atom. The van der Waals surface area contributed by atoms with E-state index in [1.807, 2.05) is 0 Å². The molecular weight excluding hydrogens is 438 g/mol. The third kappa shape index (κ3) is 4.06. The molecule has 32 heavy (non-hydrogen) atoms. The van der Waals surface area contributed by atoms with E-state index < -0.39 is 41.7 Å². The van der Waals surface area contributed by atoms with Gasteiger partial charge in [-0.25, -0.2) is 0 Å². The first-order valence-corrected chi connectivity index (χ1v) is 9.79. The summed E-state index contributed by atoms with van der Waals surface area (Å²) in [5.74, 6) is 0. The normalized spacial score (nSPS) is 20.7. The first-order chi connectivity index (χ1) is 15.0. The van der Waals surface area contributed by atoms with Gasteiger partial charge in [0, 0.05) is 22.7 Å². The van der Waals surface area contributed by atoms with Crippen molar-refractivity contribution in [3.63, 3.8) is 0 Å². The summed E-state index contributed by atoms with van der Waals surface area (Å²) in [6.07, 6.45) is -12.1. The molecule has 4 nitrogen and oxygen atoms in total. The fourth-order valence-electron chi connectivity index (χ4n) is 4.38. The standard InChI is InChI=1S/C22H18F6N2O2/c23-21(24,25)15-11-19(31)29-16-7-6-13(10-14(15)16)30-17(12-4-2-1-3-5-12)8-9-18(30)20(32)22(26,27)28/h1-7,10-11,17-18,20,32H,8-9H2,(H,29,31)/t17-,18-,20+/m1/s1. The van der Waals surface area contributed by atoms with Gasteiger partial charge in [0.2, 0.25) is 5.56 Å². The van der Waals surface area contributed by atoms with E-state index in [1.165, 1.54) is 17.0 Å². The Balaban J connectivity index is 1.89. The van der Waals surface area contributed by atoms with Crippen LogP contribution in [0.3, 0.4) is 0 Å². The Morgan fingerprint density at radius 2 is 1.66 bits per heavy atom. The molecule has 2 aromatic carbocycles. The third-order valence-corrected chi connectivity index (χ3v) is 5.74. The Hall–Kier alpha value is -3.01. The number of anilines is 1. The van der Waals surface area contributed by atoms with E-state index in [9.17, 15) is 36.2 Å². The minimum Gasteiger partial charge on any atom is -0.382 e. The van der Waals surface area contributed by atoms with Crippen LogP contribution in [0.25, 0.3) is 10.9 Å². The molecule has 1 aliphatic heterocycles. The second-order valence-corrected chi connectivity index (χ2v) is 7.74. The Bertz CT molecular complexity index is 1170. The maximum atomic E-state index is 13.6. The fraction of sp³-hybridized carbons (Fsp3) is 0.318. The summed E-state index contributed by atoms with van der Waals surface area (Å²) in [6.45, 7) is 0. The number of aromatic amines is 1. The van der Waals surface area contributed by atoms with Gasteiger partial charge in [-0.3, -0.25) is 4.79 Å². The summed E-state index contributed by atoms with van der Waals surface area (Å²) in [4.78, 5) is 15.3. The van der Waals surface area contributed by atoms with Crippen molar-refractivity contribution >= 4 is 16.6 Å². The van der Waals surface area contributed by atoms with Gasteiger partial charge in [0.05, 0.1) is 17.6 Å². The van der Waals surface area contributed by atoms with Crippen molar-refractivity contribution in [2.75, 3.05) is 4.90 Å². The van der Waals surface area contributed by atoms with Crippen molar-refractivity contribution in [1.29, 1.82) is 0 Å². The number of aromatic nitrogens is 1. The predicted molar refractivity (Wildman–Crippen MR) is 106 cm³/mol. The van der Waals surface area contributed by atoms with Gasteiger partial charge in [0.25, 0.3) is 0 Å². The monoisotopic (exact) mass is 456 g/mol. The van der Waals surface area contributed by atoms with Crippen molar-refractivity contribution in [2.45, 2.75) is 43.4 Å². The van der Waals surface area contributed by atoms with Crippen molar-refractivity contribution in [2.24, 2.45) is 0 Å². The molecule has 0 saturated carbocycles. The number of hydrogen-bond acceptors (Lipinski definition) is 3. The molecule has 3 aromatic rings. The van der Waals surface area contributed by atoms with E-state index in [2.05, 4.69) is 4.98 Å². The van der Waals surface area contributed by atoms with Crippen LogP contribution < -0.4 is 10.5 Å². The van der Waals surface area contributed by atoms with Crippen LogP contribution in [0.5, 0.6) is 0 Å². The molecule has 1 aromatic heterocycles. The lowest BCUT2D eigenvalue weighted by molar-refractivity contribution is -0.209. The molecule has 0 unspecified atom stereocenters. The van der Waals surface area contributed by atoms with E-state index in [4.69, 9.17) is 0 Å². The third-order valence-electron chi connectivity index (χ3n) is 5.74. The number of pyridine rings is 1. The molecule has 1 fully saturated rings. The van der Waals surface area contributed by atoms with Gasteiger partial charge in [0.15, 0.2) is 6.10 Å². The van der Waals surface area contributed by atoms with E-state index in [1.54, 1.807) is 30.3 Å². The van der Waals surface area contributed by atoms with Gasteiger partial charge >= 0.3 is 12.4 Å². The largest absolute Gasteiger partial charge is 0.417 e. The Kier molecular flexibility index (Phi) is 5.44. The number of nitrogens with zero attached hydrogens (tertiary/aromatic N) is 1. The number of H-pyrrole nitrogens is 1. The van der Waals surface area contributed by atoms with Crippen LogP contribution >= 0.6 is 0 Å². The van der Waals surface area contributed by atoms with Crippen molar-refractivity contribution in [3.05, 3.63) is 76.1 Å². The van der Waals surface area contributed by atoms with Crippen LogP contribution in [0.1, 0.15) is 30.0 Å². The van der Waals surface area contributed by atoms with E-state index in [-0.39, 0.29) is 29.4 Å². The lowest BCUT2D eigenvalue weighted by Gasteiger charge is -2.36. The topological polar surface area (TPSA) is 56.3 Å². The zero-order valence-electron chi connectivity index (χ0n) is 16.4. The molecule has 3 atom stereocenters. The number of hydrogen-bond donors (Lipinski definition) is 2. The number of nitrogens with one attached hydrogen (secondary N) is 1. The maximum absolute atomic E-state index is 13.6. The second-order valence-electron chi connectivity index (χ2n) is 7.74. The maximum Gasteiger partial charge on any atom is 0.417 e. The lowest BCUT2D eigenvalue weighted by atomic mass is 10.0. The van der Waals surface area contributed by atoms with Crippen LogP contribution in [0.15, 0.2) is 59.4 Å². The first-order valence-electron chi connectivity index (χ1n) is 9.79. The molecule has 2 heterocycles. The number of rotatable bonds is 3. The van der Waals surface area contributed by atoms with Gasteiger partial charge in [0.1, 0.15) is 0 Å². The highest BCUT2D eigenvalue weighted by Gasteiger charge is 2.50. The molecule has 1 aliphatic rings. The number of aliphatic hydroxyl groups excluding tert-OH is 1. The number of fused-ring (bicyclic) bond motifs is 1. The highest BCUT2D eigenvalue weighted by molar-refractivity contribution is 5.86. The highest BCUT2D eigenvalue weighted by atomic mass is 19.4. The molecule has 1 saturated heterocycles. The Morgan fingerprint density at radius 1 is 0.969 bits per heavy atom. The van der Waals surface area contributed by atoms with Crippen molar-refractivity contribution < 1.29 is 31.4 Å². The van der Waals surface area contributed by atoms with Crippen molar-refractivity contribution in [1.82, 2.24) is 4.98 Å². The number of halogens is 6. The second kappa shape index (κ2) is 7.84. The van der Waals surface area contributed by atoms with Crippen LogP contribution in [-0.2, 0) is 6.18 Å². The van der Waals surface area contributed by atoms with Crippen LogP contribution in [0.4, 0.5) is 32.0 Å². The number of aliphatic hydroxyl groups is 1. The Labute approximate surface area is 178 Å². The first kappa shape index (κ1) is 22.2. The smallest absolute Gasteiger partial charge is 0.382 e. The summed E-state index contributed by atoms with van der Waals surface area (Å²) < 4.78 is 80.8. The van der Waals surface area contributed by atoms with Gasteiger partial charge in [-0.2, -0.15) is 26.3 Å². The summed E-state index contributed by atoms with van der Waals surface area (Å²) in [7, 11) is 0. The molecule has 0 aliphatic carbocycles. The van der Waals surface area contributed by atoms with Gasteiger partial charge < -0.3 is 15.0 Å². The van der Waals surface area contributed by atoms with E-state index in [0.717, 1.165) is 6.07 Å². The predicted octanol–water partition coefficient (Wildman–Crippen LogP) is 5.18. The molecule has 170 valence electrons. The average molecular weight is 456 g/mol. The highest BCUT2D eigenvalue weighted by Crippen LogP contribution is 2.45. The van der Waals surface area contributed by atoms with E-state index in [0.29, 0.717) is 11.6 Å². The number of alkyl halides is 6. The summed E-state index contributed by atoms with van der Waals surface area (Å²) in [5, 5.41) is 9.68. The zero-order chi connectivity index (χ0) is 23.3. The van der Waals surface area contributed by atoms with Gasteiger partial charge in [-0.05, 0) is 36.6 Å². The molecule has 0 radical (unpaired) electrons. The average Bonchev–Trinajstić information content (AvgIpc) is 3.16. The molecule has 0 spiro atoms. The minimum absolute atomic E-state index is 0.00394. The summed E-state index contributed by atoms with van der Waals surface area (Å²) in [5.41, 5.74) is -1.43. The van der Waals surface area contributed by atoms with Crippen LogP contribution in [-0.4, -0.2) is 28.4 Å². The molecular formula is C22H18F6N2O2. The van der Waals surface area contributed by atoms with Crippen LogP contribution in [0, 0.1) is 0 Å². The van der Waals surface area contributed by atoms with Gasteiger partial charge in [-0.15, -0.1) is 0 Å². The van der Waals surface area contributed by atoms with Crippen molar-refractivity contribution in [3.8, 4) is 0 Å². The molecule has 2 N–H and O–H groups in total. The van der Waals surface area contributed by atoms with Crippen LogP contribution in [0.2, 0.25) is 0 Å². The zero-order valence-corrected chi connectivity index (χ0v) is 16.4. The van der Waals surface area contributed by atoms with Gasteiger partial charge in [-0.1, -0.05) is 30.3 Å².